The first-order valence-corrected chi connectivity index (χ1v) is 9.74. The van der Waals surface area contributed by atoms with Crippen LogP contribution in [0.2, 0.25) is 0 Å². The average Bonchev–Trinajstić information content (AvgIpc) is 3.32. The number of ether oxygens (including phenoxy) is 2. The van der Waals surface area contributed by atoms with Gasteiger partial charge in [0, 0.05) is 5.41 Å². The van der Waals surface area contributed by atoms with Gasteiger partial charge in [0.05, 0.1) is 6.10 Å². The van der Waals surface area contributed by atoms with Crippen molar-refractivity contribution in [2.45, 2.75) is 96.2 Å². The van der Waals surface area contributed by atoms with Crippen molar-refractivity contribution in [1.29, 1.82) is 0 Å². The van der Waals surface area contributed by atoms with Crippen molar-refractivity contribution in [2.75, 3.05) is 0 Å². The number of hydrogen-bond acceptors (Lipinski definition) is 3. The van der Waals surface area contributed by atoms with Crippen molar-refractivity contribution >= 4 is 0 Å². The molecule has 5 fully saturated rings. The fraction of sp³-hybridized carbons (Fsp3) is 1.00. The van der Waals surface area contributed by atoms with E-state index in [9.17, 15) is 5.11 Å². The van der Waals surface area contributed by atoms with Crippen LogP contribution < -0.4 is 0 Å². The largest absolute Gasteiger partial charge is 0.393 e. The zero-order valence-corrected chi connectivity index (χ0v) is 15.3. The average molecular weight is 320 g/mol. The van der Waals surface area contributed by atoms with E-state index in [0.29, 0.717) is 30.0 Å². The fourth-order valence-electron chi connectivity index (χ4n) is 7.52. The molecule has 5 unspecified atom stereocenters. The normalized spacial score (nSPS) is 62.0. The molecule has 5 aliphatic rings. The summed E-state index contributed by atoms with van der Waals surface area (Å²) in [6.07, 6.45) is 6.20. The predicted molar refractivity (Wildman–Crippen MR) is 88.0 cm³/mol. The van der Waals surface area contributed by atoms with Crippen LogP contribution in [-0.4, -0.2) is 34.6 Å². The van der Waals surface area contributed by atoms with Crippen molar-refractivity contribution in [3.05, 3.63) is 0 Å². The summed E-state index contributed by atoms with van der Waals surface area (Å²) >= 11 is 0. The van der Waals surface area contributed by atoms with Crippen LogP contribution in [0.25, 0.3) is 0 Å². The first-order valence-electron chi connectivity index (χ1n) is 9.74. The van der Waals surface area contributed by atoms with Gasteiger partial charge >= 0.3 is 0 Å². The van der Waals surface area contributed by atoms with Crippen molar-refractivity contribution < 1.29 is 14.6 Å². The molecule has 2 aliphatic heterocycles. The summed E-state index contributed by atoms with van der Waals surface area (Å²) in [6.45, 7) is 11.7. The summed E-state index contributed by atoms with van der Waals surface area (Å²) in [4.78, 5) is 0. The topological polar surface area (TPSA) is 45.3 Å². The van der Waals surface area contributed by atoms with Gasteiger partial charge in [-0.05, 0) is 55.3 Å². The van der Waals surface area contributed by atoms with Crippen LogP contribution in [0.1, 0.15) is 66.7 Å². The lowest BCUT2D eigenvalue weighted by Crippen LogP contribution is -2.63. The highest BCUT2D eigenvalue weighted by Crippen LogP contribution is 2.77. The lowest BCUT2D eigenvalue weighted by molar-refractivity contribution is -0.162. The number of hydrogen-bond donors (Lipinski definition) is 1. The molecule has 0 radical (unpaired) electrons. The summed E-state index contributed by atoms with van der Waals surface area (Å²) in [6, 6.07) is 0. The number of rotatable bonds is 1. The number of epoxide rings is 2. The summed E-state index contributed by atoms with van der Waals surface area (Å²) in [5.74, 6) is 1.80. The van der Waals surface area contributed by atoms with Crippen LogP contribution in [0, 0.1) is 28.6 Å². The van der Waals surface area contributed by atoms with E-state index in [1.54, 1.807) is 0 Å². The summed E-state index contributed by atoms with van der Waals surface area (Å²) in [5, 5.41) is 10.6. The van der Waals surface area contributed by atoms with Gasteiger partial charge in [-0.25, -0.2) is 0 Å². The zero-order chi connectivity index (χ0) is 16.4. The molecule has 1 N–H and O–H groups in total. The molecule has 0 aromatic heterocycles. The molecule has 2 heterocycles. The lowest BCUT2D eigenvalue weighted by Gasteiger charge is -2.61. The molecule has 0 aromatic rings. The van der Waals surface area contributed by atoms with Crippen molar-refractivity contribution in [3.8, 4) is 0 Å². The van der Waals surface area contributed by atoms with Gasteiger partial charge in [-0.2, -0.15) is 0 Å². The van der Waals surface area contributed by atoms with E-state index in [2.05, 4.69) is 34.6 Å². The molecule has 5 rings (SSSR count). The Balaban J connectivity index is 1.54. The maximum Gasteiger partial charge on any atom is 0.117 e. The SMILES string of the molecule is CC(C)C12C[C@@H]3CCC4C(C)(C)[C@@H](O)CC[C@]4(C)C34OC4C1O2. The third-order valence-electron chi connectivity index (χ3n) is 9.04. The monoisotopic (exact) mass is 320 g/mol. The molecule has 0 aromatic carbocycles. The van der Waals surface area contributed by atoms with E-state index in [4.69, 9.17) is 9.47 Å². The molecule has 8 atom stereocenters. The highest BCUT2D eigenvalue weighted by Gasteiger charge is 2.86. The van der Waals surface area contributed by atoms with Gasteiger partial charge in [-0.1, -0.05) is 34.6 Å². The lowest BCUT2D eigenvalue weighted by atomic mass is 9.43. The molecule has 0 bridgehead atoms. The molecule has 130 valence electrons. The second-order valence-electron chi connectivity index (χ2n) is 10.3. The van der Waals surface area contributed by atoms with Gasteiger partial charge in [0.2, 0.25) is 0 Å². The summed E-state index contributed by atoms with van der Waals surface area (Å²) in [5.41, 5.74) is 0.369. The molecule has 2 saturated heterocycles. The van der Waals surface area contributed by atoms with E-state index in [0.717, 1.165) is 12.8 Å². The van der Waals surface area contributed by atoms with Crippen LogP contribution in [0.15, 0.2) is 0 Å². The predicted octanol–water partition coefficient (Wildman–Crippen LogP) is 3.53. The number of aliphatic hydroxyl groups is 1. The molecule has 3 saturated carbocycles. The third-order valence-corrected chi connectivity index (χ3v) is 9.04. The third kappa shape index (κ3) is 1.46. The van der Waals surface area contributed by atoms with E-state index >= 15 is 0 Å². The summed E-state index contributed by atoms with van der Waals surface area (Å²) in [7, 11) is 0. The maximum absolute atomic E-state index is 10.6. The molecular formula is C20H32O3. The minimum atomic E-state index is -0.166. The second kappa shape index (κ2) is 3.99. The van der Waals surface area contributed by atoms with Crippen molar-refractivity contribution in [1.82, 2.24) is 0 Å². The van der Waals surface area contributed by atoms with Gasteiger partial charge in [-0.3, -0.25) is 0 Å². The molecular weight excluding hydrogens is 288 g/mol. The van der Waals surface area contributed by atoms with Crippen LogP contribution in [0.3, 0.4) is 0 Å². The number of fused-ring (bicyclic) bond motifs is 3. The molecule has 0 amide bonds. The zero-order valence-electron chi connectivity index (χ0n) is 15.3. The molecule has 23 heavy (non-hydrogen) atoms. The van der Waals surface area contributed by atoms with E-state index in [1.807, 2.05) is 0 Å². The maximum atomic E-state index is 10.6. The van der Waals surface area contributed by atoms with E-state index in [1.165, 1.54) is 19.3 Å². The Bertz CT molecular complexity index is 557. The second-order valence-corrected chi connectivity index (χ2v) is 10.3. The first kappa shape index (κ1) is 15.2. The minimum absolute atomic E-state index is 0.000210. The van der Waals surface area contributed by atoms with Gasteiger partial charge in [-0.15, -0.1) is 0 Å². The standard InChI is InChI=1S/C20H32O3/c1-11(2)19-10-12-6-7-13-17(3,4)14(21)8-9-18(13,5)20(12)16(23-20)15(19)22-19/h11-16,21H,6-10H2,1-5H3/t12-,13?,14-,15?,16?,18-,19?,20?/m0/s1. The van der Waals surface area contributed by atoms with Gasteiger partial charge in [0.15, 0.2) is 0 Å². The Labute approximate surface area is 140 Å². The highest BCUT2D eigenvalue weighted by atomic mass is 16.7. The summed E-state index contributed by atoms with van der Waals surface area (Å²) < 4.78 is 12.9. The highest BCUT2D eigenvalue weighted by molar-refractivity contribution is 5.33. The molecule has 1 spiro atoms. The number of aliphatic hydroxyl groups excluding tert-OH is 1. The Kier molecular flexibility index (Phi) is 2.63. The van der Waals surface area contributed by atoms with Crippen LogP contribution in [-0.2, 0) is 9.47 Å². The van der Waals surface area contributed by atoms with Crippen molar-refractivity contribution in [2.24, 2.45) is 28.6 Å². The minimum Gasteiger partial charge on any atom is -0.393 e. The molecule has 3 aliphatic carbocycles. The smallest absolute Gasteiger partial charge is 0.117 e. The van der Waals surface area contributed by atoms with Crippen LogP contribution in [0.4, 0.5) is 0 Å². The Morgan fingerprint density at radius 1 is 1.00 bits per heavy atom. The molecule has 3 nitrogen and oxygen atoms in total. The van der Waals surface area contributed by atoms with Crippen LogP contribution >= 0.6 is 0 Å². The Morgan fingerprint density at radius 2 is 1.74 bits per heavy atom. The Morgan fingerprint density at radius 3 is 2.43 bits per heavy atom. The molecule has 3 heteroatoms. The van der Waals surface area contributed by atoms with Gasteiger partial charge < -0.3 is 14.6 Å². The fourth-order valence-corrected chi connectivity index (χ4v) is 7.52. The van der Waals surface area contributed by atoms with E-state index < -0.39 is 0 Å². The van der Waals surface area contributed by atoms with Crippen molar-refractivity contribution in [3.63, 3.8) is 0 Å². The van der Waals surface area contributed by atoms with Gasteiger partial charge in [0.25, 0.3) is 0 Å². The quantitative estimate of drug-likeness (QED) is 0.752. The van der Waals surface area contributed by atoms with E-state index in [-0.39, 0.29) is 28.1 Å². The van der Waals surface area contributed by atoms with Gasteiger partial charge in [0.1, 0.15) is 23.4 Å². The Hall–Kier alpha value is -0.120. The van der Waals surface area contributed by atoms with Crippen LogP contribution in [0.5, 0.6) is 0 Å². The first-order chi connectivity index (χ1) is 10.7.